The van der Waals surface area contributed by atoms with E-state index in [1.54, 1.807) is 19.1 Å². The molecule has 0 bridgehead atoms. The Morgan fingerprint density at radius 2 is 2.12 bits per heavy atom. The van der Waals surface area contributed by atoms with Crippen LogP contribution in [0.3, 0.4) is 0 Å². The van der Waals surface area contributed by atoms with Crippen LogP contribution >= 0.6 is 0 Å². The highest BCUT2D eigenvalue weighted by Gasteiger charge is 2.25. The van der Waals surface area contributed by atoms with E-state index < -0.39 is 5.97 Å². The molecular weight excluding hydrogens is 220 g/mol. The summed E-state index contributed by atoms with van der Waals surface area (Å²) >= 11 is 0. The predicted molar refractivity (Wildman–Crippen MR) is 63.1 cm³/mol. The minimum Gasteiger partial charge on any atom is -0.478 e. The van der Waals surface area contributed by atoms with Gasteiger partial charge in [0.1, 0.15) is 0 Å². The second-order valence-electron chi connectivity index (χ2n) is 4.13. The van der Waals surface area contributed by atoms with Gasteiger partial charge in [-0.25, -0.2) is 4.79 Å². The highest BCUT2D eigenvalue weighted by molar-refractivity contribution is 5.97. The Kier molecular flexibility index (Phi) is 3.10. The van der Waals surface area contributed by atoms with Gasteiger partial charge in [0.25, 0.3) is 0 Å². The predicted octanol–water partition coefficient (Wildman–Crippen LogP) is 0.851. The SMILES string of the molecule is Cc1c(NC(=O)C2CNC2)cccc1C(=O)O. The van der Waals surface area contributed by atoms with E-state index in [1.165, 1.54) is 6.07 Å². The summed E-state index contributed by atoms with van der Waals surface area (Å²) < 4.78 is 0. The van der Waals surface area contributed by atoms with Crippen molar-refractivity contribution in [1.29, 1.82) is 0 Å². The van der Waals surface area contributed by atoms with Crippen molar-refractivity contribution < 1.29 is 14.7 Å². The lowest BCUT2D eigenvalue weighted by Crippen LogP contribution is -2.48. The summed E-state index contributed by atoms with van der Waals surface area (Å²) in [6.07, 6.45) is 0. The number of nitrogens with one attached hydrogen (secondary N) is 2. The molecule has 1 heterocycles. The van der Waals surface area contributed by atoms with Crippen molar-refractivity contribution in [2.24, 2.45) is 5.92 Å². The highest BCUT2D eigenvalue weighted by Crippen LogP contribution is 2.20. The van der Waals surface area contributed by atoms with E-state index in [0.717, 1.165) is 0 Å². The summed E-state index contributed by atoms with van der Waals surface area (Å²) in [6, 6.07) is 4.87. The van der Waals surface area contributed by atoms with Crippen LogP contribution in [-0.2, 0) is 4.79 Å². The van der Waals surface area contributed by atoms with Crippen molar-refractivity contribution in [2.45, 2.75) is 6.92 Å². The van der Waals surface area contributed by atoms with Crippen LogP contribution in [0.15, 0.2) is 18.2 Å². The molecule has 1 aliphatic heterocycles. The van der Waals surface area contributed by atoms with Crippen molar-refractivity contribution in [2.75, 3.05) is 18.4 Å². The van der Waals surface area contributed by atoms with Crippen LogP contribution in [0.5, 0.6) is 0 Å². The molecular formula is C12H14N2O3. The van der Waals surface area contributed by atoms with E-state index in [2.05, 4.69) is 10.6 Å². The van der Waals surface area contributed by atoms with Gasteiger partial charge in [-0.2, -0.15) is 0 Å². The van der Waals surface area contributed by atoms with Crippen molar-refractivity contribution in [3.63, 3.8) is 0 Å². The lowest BCUT2D eigenvalue weighted by Gasteiger charge is -2.26. The standard InChI is InChI=1S/C12H14N2O3/c1-7-9(12(16)17)3-2-4-10(7)14-11(15)8-5-13-6-8/h2-4,8,13H,5-6H2,1H3,(H,14,15)(H,16,17). The molecule has 0 spiro atoms. The maximum atomic E-state index is 11.7. The minimum absolute atomic E-state index is 0.0112. The first-order valence-electron chi connectivity index (χ1n) is 5.44. The number of benzene rings is 1. The van der Waals surface area contributed by atoms with E-state index in [0.29, 0.717) is 24.3 Å². The summed E-state index contributed by atoms with van der Waals surface area (Å²) in [6.45, 7) is 3.06. The van der Waals surface area contributed by atoms with Crippen LogP contribution in [-0.4, -0.2) is 30.1 Å². The van der Waals surface area contributed by atoms with Crippen LogP contribution in [0.25, 0.3) is 0 Å². The van der Waals surface area contributed by atoms with Gasteiger partial charge in [-0.15, -0.1) is 0 Å². The molecule has 1 amide bonds. The van der Waals surface area contributed by atoms with Gasteiger partial charge in [0.2, 0.25) is 5.91 Å². The number of carboxylic acid groups (broad SMARTS) is 1. The Hall–Kier alpha value is -1.88. The number of hydrogen-bond acceptors (Lipinski definition) is 3. The van der Waals surface area contributed by atoms with Crippen LogP contribution in [0, 0.1) is 12.8 Å². The van der Waals surface area contributed by atoms with Gasteiger partial charge < -0.3 is 15.7 Å². The molecule has 5 heteroatoms. The number of carbonyl (C=O) groups excluding carboxylic acids is 1. The van der Waals surface area contributed by atoms with Crippen LogP contribution in [0.4, 0.5) is 5.69 Å². The summed E-state index contributed by atoms with van der Waals surface area (Å²) in [5, 5.41) is 14.8. The van der Waals surface area contributed by atoms with E-state index >= 15 is 0 Å². The normalized spacial score (nSPS) is 15.1. The van der Waals surface area contributed by atoms with Crippen LogP contribution < -0.4 is 10.6 Å². The quantitative estimate of drug-likeness (QED) is 0.724. The van der Waals surface area contributed by atoms with Crippen molar-refractivity contribution >= 4 is 17.6 Å². The molecule has 0 saturated carbocycles. The fourth-order valence-electron chi connectivity index (χ4n) is 1.71. The molecule has 1 aromatic rings. The molecule has 0 aromatic heterocycles. The Morgan fingerprint density at radius 3 is 2.65 bits per heavy atom. The largest absolute Gasteiger partial charge is 0.478 e. The second-order valence-corrected chi connectivity index (χ2v) is 4.13. The average molecular weight is 234 g/mol. The van der Waals surface area contributed by atoms with E-state index in [4.69, 9.17) is 5.11 Å². The topological polar surface area (TPSA) is 78.4 Å². The van der Waals surface area contributed by atoms with Gasteiger partial charge in [-0.1, -0.05) is 6.07 Å². The number of amides is 1. The van der Waals surface area contributed by atoms with Gasteiger partial charge in [0.15, 0.2) is 0 Å². The smallest absolute Gasteiger partial charge is 0.336 e. The summed E-state index contributed by atoms with van der Waals surface area (Å²) in [4.78, 5) is 22.7. The van der Waals surface area contributed by atoms with E-state index in [1.807, 2.05) is 0 Å². The summed E-state index contributed by atoms with van der Waals surface area (Å²) in [5.41, 5.74) is 1.37. The Labute approximate surface area is 98.8 Å². The third-order valence-electron chi connectivity index (χ3n) is 2.97. The van der Waals surface area contributed by atoms with E-state index in [9.17, 15) is 9.59 Å². The lowest BCUT2D eigenvalue weighted by molar-refractivity contribution is -0.121. The monoisotopic (exact) mass is 234 g/mol. The molecule has 0 atom stereocenters. The lowest BCUT2D eigenvalue weighted by atomic mass is 10.0. The molecule has 1 saturated heterocycles. The van der Waals surface area contributed by atoms with Gasteiger partial charge in [-0.05, 0) is 24.6 Å². The first kappa shape index (κ1) is 11.6. The Bertz CT molecular complexity index is 467. The zero-order valence-electron chi connectivity index (χ0n) is 9.49. The number of hydrogen-bond donors (Lipinski definition) is 3. The van der Waals surface area contributed by atoms with Gasteiger partial charge in [0, 0.05) is 18.8 Å². The first-order valence-corrected chi connectivity index (χ1v) is 5.44. The van der Waals surface area contributed by atoms with Crippen molar-refractivity contribution in [1.82, 2.24) is 5.32 Å². The zero-order valence-corrected chi connectivity index (χ0v) is 9.49. The molecule has 1 aromatic carbocycles. The van der Waals surface area contributed by atoms with Crippen molar-refractivity contribution in [3.05, 3.63) is 29.3 Å². The van der Waals surface area contributed by atoms with Crippen molar-refractivity contribution in [3.8, 4) is 0 Å². The molecule has 0 unspecified atom stereocenters. The molecule has 2 rings (SSSR count). The molecule has 1 fully saturated rings. The van der Waals surface area contributed by atoms with Crippen LogP contribution in [0.2, 0.25) is 0 Å². The molecule has 17 heavy (non-hydrogen) atoms. The van der Waals surface area contributed by atoms with E-state index in [-0.39, 0.29) is 17.4 Å². The minimum atomic E-state index is -0.982. The van der Waals surface area contributed by atoms with Gasteiger partial charge in [0.05, 0.1) is 11.5 Å². The maximum Gasteiger partial charge on any atom is 0.336 e. The molecule has 1 aliphatic rings. The molecule has 0 radical (unpaired) electrons. The fraction of sp³-hybridized carbons (Fsp3) is 0.333. The number of rotatable bonds is 3. The summed E-state index contributed by atoms with van der Waals surface area (Å²) in [5.74, 6) is -1.05. The Morgan fingerprint density at radius 1 is 1.41 bits per heavy atom. The fourth-order valence-corrected chi connectivity index (χ4v) is 1.71. The van der Waals surface area contributed by atoms with Gasteiger partial charge in [-0.3, -0.25) is 4.79 Å². The Balaban J connectivity index is 2.18. The van der Waals surface area contributed by atoms with Gasteiger partial charge >= 0.3 is 5.97 Å². The third-order valence-corrected chi connectivity index (χ3v) is 2.97. The number of carbonyl (C=O) groups is 2. The molecule has 5 nitrogen and oxygen atoms in total. The molecule has 0 aliphatic carbocycles. The average Bonchev–Trinajstić information content (AvgIpc) is 2.18. The zero-order chi connectivity index (χ0) is 12.4. The first-order chi connectivity index (χ1) is 8.09. The second kappa shape index (κ2) is 4.55. The molecule has 3 N–H and O–H groups in total. The number of carboxylic acids is 1. The summed E-state index contributed by atoms with van der Waals surface area (Å²) in [7, 11) is 0. The molecule has 90 valence electrons. The number of aromatic carboxylic acids is 1. The maximum absolute atomic E-state index is 11.7. The highest BCUT2D eigenvalue weighted by atomic mass is 16.4. The number of anilines is 1. The third kappa shape index (κ3) is 2.29. The van der Waals surface area contributed by atoms with Crippen LogP contribution in [0.1, 0.15) is 15.9 Å².